The molecule has 0 bridgehead atoms. The van der Waals surface area contributed by atoms with Gasteiger partial charge in [0.2, 0.25) is 5.91 Å². The van der Waals surface area contributed by atoms with Crippen LogP contribution >= 0.6 is 23.7 Å². The predicted molar refractivity (Wildman–Crippen MR) is 102 cm³/mol. The molecule has 2 aliphatic rings. The van der Waals surface area contributed by atoms with E-state index >= 15 is 0 Å². The first-order valence-electron chi connectivity index (χ1n) is 8.57. The fraction of sp³-hybridized carbons (Fsp3) is 0.688. The summed E-state index contributed by atoms with van der Waals surface area (Å²) in [5.74, 6) is 0.0766. The standard InChI is InChI=1S/C16H25N3O3S2.ClH/c1-13-12-17-7-10-19(13)15(20)11-14-5-6-16(23-14)24(21,22)18-8-3-2-4-9-18;/h5-6,13,17H,2-4,7-12H2,1H3;1H. The van der Waals surface area contributed by atoms with Gasteiger partial charge in [0.15, 0.2) is 0 Å². The molecule has 1 unspecified atom stereocenters. The molecule has 1 aromatic heterocycles. The molecule has 1 aromatic rings. The van der Waals surface area contributed by atoms with Gasteiger partial charge in [-0.05, 0) is 31.9 Å². The summed E-state index contributed by atoms with van der Waals surface area (Å²) in [5.41, 5.74) is 0. The number of halogens is 1. The highest BCUT2D eigenvalue weighted by molar-refractivity contribution is 7.91. The van der Waals surface area contributed by atoms with Gasteiger partial charge in [-0.1, -0.05) is 6.42 Å². The van der Waals surface area contributed by atoms with Crippen molar-refractivity contribution in [3.63, 3.8) is 0 Å². The monoisotopic (exact) mass is 407 g/mol. The van der Waals surface area contributed by atoms with Crippen LogP contribution in [-0.2, 0) is 21.2 Å². The fourth-order valence-corrected chi connectivity index (χ4v) is 6.30. The Morgan fingerprint density at radius 3 is 2.64 bits per heavy atom. The molecular weight excluding hydrogens is 382 g/mol. The lowest BCUT2D eigenvalue weighted by atomic mass is 10.2. The number of hydrogen-bond donors (Lipinski definition) is 1. The molecule has 0 saturated carbocycles. The minimum absolute atomic E-state index is 0. The zero-order chi connectivity index (χ0) is 17.2. The van der Waals surface area contributed by atoms with E-state index in [1.54, 1.807) is 16.4 Å². The van der Waals surface area contributed by atoms with Gasteiger partial charge in [0.05, 0.1) is 6.42 Å². The quantitative estimate of drug-likeness (QED) is 0.824. The molecule has 1 N–H and O–H groups in total. The summed E-state index contributed by atoms with van der Waals surface area (Å²) in [5, 5.41) is 3.27. The highest BCUT2D eigenvalue weighted by Crippen LogP contribution is 2.27. The van der Waals surface area contributed by atoms with Crippen molar-refractivity contribution in [2.75, 3.05) is 32.7 Å². The van der Waals surface area contributed by atoms with Gasteiger partial charge in [-0.25, -0.2) is 8.42 Å². The van der Waals surface area contributed by atoms with Crippen molar-refractivity contribution in [3.05, 3.63) is 17.0 Å². The normalized spacial score (nSPS) is 22.4. The number of carbonyl (C=O) groups excluding carboxylic acids is 1. The molecule has 9 heteroatoms. The molecule has 0 aromatic carbocycles. The molecule has 3 heterocycles. The second-order valence-electron chi connectivity index (χ2n) is 6.50. The number of carbonyl (C=O) groups is 1. The third-order valence-corrected chi connectivity index (χ3v) is 8.14. The maximum absolute atomic E-state index is 12.7. The third kappa shape index (κ3) is 4.74. The SMILES string of the molecule is CC1CNCCN1C(=O)Cc1ccc(S(=O)(=O)N2CCCCC2)s1.Cl. The van der Waals surface area contributed by atoms with E-state index in [0.717, 1.165) is 37.2 Å². The molecule has 6 nitrogen and oxygen atoms in total. The molecule has 1 atom stereocenters. The van der Waals surface area contributed by atoms with Crippen LogP contribution in [0.15, 0.2) is 16.3 Å². The summed E-state index contributed by atoms with van der Waals surface area (Å²) in [6.07, 6.45) is 3.23. The Morgan fingerprint density at radius 2 is 1.96 bits per heavy atom. The number of hydrogen-bond acceptors (Lipinski definition) is 5. The molecule has 2 fully saturated rings. The largest absolute Gasteiger partial charge is 0.337 e. The van der Waals surface area contributed by atoms with E-state index in [0.29, 0.717) is 23.8 Å². The topological polar surface area (TPSA) is 69.7 Å². The first-order valence-corrected chi connectivity index (χ1v) is 10.8. The molecule has 142 valence electrons. The highest BCUT2D eigenvalue weighted by atomic mass is 35.5. The highest BCUT2D eigenvalue weighted by Gasteiger charge is 2.28. The molecule has 3 rings (SSSR count). The summed E-state index contributed by atoms with van der Waals surface area (Å²) in [4.78, 5) is 15.2. The lowest BCUT2D eigenvalue weighted by Gasteiger charge is -2.34. The number of rotatable bonds is 4. The van der Waals surface area contributed by atoms with Gasteiger partial charge in [-0.3, -0.25) is 4.79 Å². The Morgan fingerprint density at radius 1 is 1.24 bits per heavy atom. The molecule has 2 saturated heterocycles. The number of piperazine rings is 1. The minimum Gasteiger partial charge on any atom is -0.337 e. The number of piperidine rings is 1. The Kier molecular flexibility index (Phi) is 7.28. The zero-order valence-corrected chi connectivity index (χ0v) is 16.9. The second kappa shape index (κ2) is 8.81. The van der Waals surface area contributed by atoms with Crippen LogP contribution in [-0.4, -0.2) is 62.3 Å². The van der Waals surface area contributed by atoms with Crippen molar-refractivity contribution >= 4 is 39.7 Å². The van der Waals surface area contributed by atoms with Crippen LogP contribution in [0, 0.1) is 0 Å². The van der Waals surface area contributed by atoms with Gasteiger partial charge >= 0.3 is 0 Å². The van der Waals surface area contributed by atoms with Crippen molar-refractivity contribution in [2.24, 2.45) is 0 Å². The van der Waals surface area contributed by atoms with E-state index in [1.165, 1.54) is 11.3 Å². The first kappa shape index (κ1) is 20.6. The van der Waals surface area contributed by atoms with Gasteiger partial charge in [0.1, 0.15) is 4.21 Å². The van der Waals surface area contributed by atoms with E-state index in [1.807, 2.05) is 11.8 Å². The summed E-state index contributed by atoms with van der Waals surface area (Å²) >= 11 is 1.23. The Hall–Kier alpha value is -0.670. The molecule has 2 aliphatic heterocycles. The number of sulfonamides is 1. The first-order chi connectivity index (χ1) is 11.5. The number of amides is 1. The molecule has 0 radical (unpaired) electrons. The van der Waals surface area contributed by atoms with E-state index in [4.69, 9.17) is 0 Å². The van der Waals surface area contributed by atoms with Crippen LogP contribution < -0.4 is 5.32 Å². The van der Waals surface area contributed by atoms with Gasteiger partial charge in [0, 0.05) is 43.6 Å². The second-order valence-corrected chi connectivity index (χ2v) is 9.84. The summed E-state index contributed by atoms with van der Waals surface area (Å²) in [6.45, 7) is 5.58. The van der Waals surface area contributed by atoms with Crippen LogP contribution in [0.2, 0.25) is 0 Å². The lowest BCUT2D eigenvalue weighted by Crippen LogP contribution is -2.52. The number of thiophene rings is 1. The Bertz CT molecular complexity index is 687. The van der Waals surface area contributed by atoms with Gasteiger partial charge in [-0.15, -0.1) is 23.7 Å². The summed E-state index contributed by atoms with van der Waals surface area (Å²) in [7, 11) is -3.40. The van der Waals surface area contributed by atoms with Crippen molar-refractivity contribution in [1.82, 2.24) is 14.5 Å². The van der Waals surface area contributed by atoms with E-state index in [2.05, 4.69) is 5.32 Å². The molecule has 25 heavy (non-hydrogen) atoms. The molecule has 1 amide bonds. The summed E-state index contributed by atoms with van der Waals surface area (Å²) in [6, 6.07) is 3.62. The van der Waals surface area contributed by atoms with Crippen molar-refractivity contribution < 1.29 is 13.2 Å². The fourth-order valence-electron chi connectivity index (χ4n) is 3.29. The van der Waals surface area contributed by atoms with Gasteiger partial charge < -0.3 is 10.2 Å². The van der Waals surface area contributed by atoms with Crippen molar-refractivity contribution in [1.29, 1.82) is 0 Å². The van der Waals surface area contributed by atoms with E-state index in [9.17, 15) is 13.2 Å². The Labute approximate surface area is 160 Å². The maximum atomic E-state index is 12.7. The predicted octanol–water partition coefficient (Wildman–Crippen LogP) is 1.71. The number of nitrogens with zero attached hydrogens (tertiary/aromatic N) is 2. The van der Waals surface area contributed by atoms with Crippen LogP contribution in [0.5, 0.6) is 0 Å². The third-order valence-electron chi connectivity index (χ3n) is 4.69. The molecule has 0 spiro atoms. The smallest absolute Gasteiger partial charge is 0.252 e. The lowest BCUT2D eigenvalue weighted by molar-refractivity contribution is -0.133. The van der Waals surface area contributed by atoms with Crippen molar-refractivity contribution in [3.8, 4) is 0 Å². The molecule has 0 aliphatic carbocycles. The average Bonchev–Trinajstić information content (AvgIpc) is 3.05. The van der Waals surface area contributed by atoms with Crippen LogP contribution in [0.4, 0.5) is 0 Å². The van der Waals surface area contributed by atoms with Crippen molar-refractivity contribution in [2.45, 2.75) is 42.9 Å². The zero-order valence-electron chi connectivity index (χ0n) is 14.4. The average molecular weight is 408 g/mol. The maximum Gasteiger partial charge on any atom is 0.252 e. The van der Waals surface area contributed by atoms with E-state index in [-0.39, 0.29) is 30.8 Å². The van der Waals surface area contributed by atoms with Crippen LogP contribution in [0.25, 0.3) is 0 Å². The summed E-state index contributed by atoms with van der Waals surface area (Å²) < 4.78 is 27.3. The molecular formula is C16H26ClN3O3S2. The van der Waals surface area contributed by atoms with Crippen LogP contribution in [0.1, 0.15) is 31.1 Å². The van der Waals surface area contributed by atoms with Crippen LogP contribution in [0.3, 0.4) is 0 Å². The number of nitrogens with one attached hydrogen (secondary N) is 1. The van der Waals surface area contributed by atoms with E-state index < -0.39 is 10.0 Å². The van der Waals surface area contributed by atoms with Gasteiger partial charge in [-0.2, -0.15) is 4.31 Å². The minimum atomic E-state index is -3.40. The Balaban J connectivity index is 0.00000225. The van der Waals surface area contributed by atoms with Gasteiger partial charge in [0.25, 0.3) is 10.0 Å².